The second-order valence-electron chi connectivity index (χ2n) is 8.90. The van der Waals surface area contributed by atoms with Gasteiger partial charge in [0.05, 0.1) is 46.1 Å². The average Bonchev–Trinajstić information content (AvgIpc) is 3.65. The number of aromatic nitrogens is 3. The number of ether oxygens (including phenoxy) is 6. The fourth-order valence-electron chi connectivity index (χ4n) is 5.73. The Bertz CT molecular complexity index is 1390. The van der Waals surface area contributed by atoms with Gasteiger partial charge in [-0.15, -0.1) is 5.10 Å². The molecule has 192 valence electrons. The Morgan fingerprint density at radius 2 is 1.68 bits per heavy atom. The molecule has 0 amide bonds. The standard InChI is InChI=1S/C25H23N3O9/c1-32-18-4-11(5-19(33-2)23(18)34-3)20-12-6-16-17(37-10-36-16)7-13(12)22(14-9-35-25(31)21(14)20)28-15(24(29)30)8-26-27-28/h4-8,14,20-22H,9-10H2,1-3H3,(H,29,30)/t14-,20+,21-,22+/m0/s1. The fourth-order valence-corrected chi connectivity index (χ4v) is 5.73. The highest BCUT2D eigenvalue weighted by Crippen LogP contribution is 2.56. The topological polar surface area (TPSA) is 140 Å². The van der Waals surface area contributed by atoms with E-state index in [-0.39, 0.29) is 19.1 Å². The van der Waals surface area contributed by atoms with Crippen LogP contribution in [0.25, 0.3) is 0 Å². The number of carboxylic acid groups (broad SMARTS) is 1. The van der Waals surface area contributed by atoms with Gasteiger partial charge in [-0.1, -0.05) is 5.21 Å². The summed E-state index contributed by atoms with van der Waals surface area (Å²) in [7, 11) is 4.56. The van der Waals surface area contributed by atoms with Crippen molar-refractivity contribution in [3.8, 4) is 28.7 Å². The van der Waals surface area contributed by atoms with E-state index in [9.17, 15) is 14.7 Å². The number of benzene rings is 2. The number of rotatable bonds is 6. The first-order valence-corrected chi connectivity index (χ1v) is 11.5. The molecule has 0 bridgehead atoms. The summed E-state index contributed by atoms with van der Waals surface area (Å²) in [4.78, 5) is 25.3. The van der Waals surface area contributed by atoms with Gasteiger partial charge in [-0.05, 0) is 41.0 Å². The molecule has 37 heavy (non-hydrogen) atoms. The predicted octanol–water partition coefficient (Wildman–Crippen LogP) is 2.25. The van der Waals surface area contributed by atoms with Crippen molar-refractivity contribution in [3.63, 3.8) is 0 Å². The summed E-state index contributed by atoms with van der Waals surface area (Å²) in [5.41, 5.74) is 2.11. The maximum Gasteiger partial charge on any atom is 0.355 e. The largest absolute Gasteiger partial charge is 0.493 e. The van der Waals surface area contributed by atoms with Gasteiger partial charge in [0.15, 0.2) is 28.7 Å². The van der Waals surface area contributed by atoms with Crippen molar-refractivity contribution in [3.05, 3.63) is 52.8 Å². The molecule has 12 heteroatoms. The SMILES string of the molecule is COc1cc([C@@H]2c3cc4c(cc3[C@@H](n3nncc3C(=O)O)[C@H]3COC(=O)[C@H]23)OCO4)cc(OC)c1OC. The molecule has 2 aromatic carbocycles. The predicted molar refractivity (Wildman–Crippen MR) is 124 cm³/mol. The molecule has 4 atom stereocenters. The minimum absolute atomic E-state index is 0.0519. The van der Waals surface area contributed by atoms with Gasteiger partial charge in [0.2, 0.25) is 12.5 Å². The van der Waals surface area contributed by atoms with Gasteiger partial charge in [0.1, 0.15) is 0 Å². The van der Waals surface area contributed by atoms with Gasteiger partial charge >= 0.3 is 11.9 Å². The van der Waals surface area contributed by atoms with Crippen LogP contribution in [0.3, 0.4) is 0 Å². The van der Waals surface area contributed by atoms with E-state index in [1.165, 1.54) is 32.2 Å². The van der Waals surface area contributed by atoms with E-state index in [4.69, 9.17) is 28.4 Å². The molecule has 12 nitrogen and oxygen atoms in total. The highest BCUT2D eigenvalue weighted by atomic mass is 16.7. The molecule has 0 radical (unpaired) electrons. The number of fused-ring (bicyclic) bond motifs is 3. The maximum atomic E-state index is 13.3. The lowest BCUT2D eigenvalue weighted by molar-refractivity contribution is -0.141. The van der Waals surface area contributed by atoms with Crippen LogP contribution >= 0.6 is 0 Å². The number of hydrogen-bond donors (Lipinski definition) is 1. The molecule has 6 rings (SSSR count). The van der Waals surface area contributed by atoms with Gasteiger partial charge in [-0.3, -0.25) is 4.79 Å². The number of cyclic esters (lactones) is 1. The lowest BCUT2D eigenvalue weighted by atomic mass is 9.65. The first-order chi connectivity index (χ1) is 18.0. The van der Waals surface area contributed by atoms with Gasteiger partial charge < -0.3 is 33.5 Å². The van der Waals surface area contributed by atoms with Crippen LogP contribution in [0.2, 0.25) is 0 Å². The molecule has 2 aliphatic heterocycles. The Morgan fingerprint density at radius 3 is 2.30 bits per heavy atom. The van der Waals surface area contributed by atoms with Crippen LogP contribution in [0.15, 0.2) is 30.5 Å². The monoisotopic (exact) mass is 509 g/mol. The number of hydrogen-bond acceptors (Lipinski definition) is 10. The molecular weight excluding hydrogens is 486 g/mol. The Kier molecular flexibility index (Phi) is 5.32. The minimum atomic E-state index is -1.18. The number of carbonyl (C=O) groups is 2. The second-order valence-corrected chi connectivity index (χ2v) is 8.90. The van der Waals surface area contributed by atoms with Crippen molar-refractivity contribution in [1.82, 2.24) is 15.0 Å². The summed E-state index contributed by atoms with van der Waals surface area (Å²) in [5, 5.41) is 17.7. The average molecular weight is 509 g/mol. The van der Waals surface area contributed by atoms with E-state index in [0.717, 1.165) is 16.7 Å². The second kappa shape index (κ2) is 8.57. The number of nitrogens with zero attached hydrogens (tertiary/aromatic N) is 3. The van der Waals surface area contributed by atoms with Gasteiger partial charge in [-0.2, -0.15) is 0 Å². The molecule has 3 aromatic rings. The van der Waals surface area contributed by atoms with Gasteiger partial charge in [-0.25, -0.2) is 9.48 Å². The number of methoxy groups -OCH3 is 3. The Hall–Kier alpha value is -4.48. The lowest BCUT2D eigenvalue weighted by Crippen LogP contribution is -2.38. The third-order valence-corrected chi connectivity index (χ3v) is 7.25. The van der Waals surface area contributed by atoms with Crippen LogP contribution in [0, 0.1) is 11.8 Å². The molecule has 0 unspecified atom stereocenters. The third kappa shape index (κ3) is 3.35. The van der Waals surface area contributed by atoms with E-state index in [2.05, 4.69) is 10.3 Å². The van der Waals surface area contributed by atoms with Crippen LogP contribution in [0.5, 0.6) is 28.7 Å². The summed E-state index contributed by atoms with van der Waals surface area (Å²) >= 11 is 0. The smallest absolute Gasteiger partial charge is 0.355 e. The minimum Gasteiger partial charge on any atom is -0.493 e. The molecule has 1 saturated heterocycles. The first-order valence-electron chi connectivity index (χ1n) is 11.5. The van der Waals surface area contributed by atoms with E-state index >= 15 is 0 Å². The van der Waals surface area contributed by atoms with E-state index in [1.54, 1.807) is 0 Å². The Labute approximate surface area is 210 Å². The molecule has 0 saturated carbocycles. The number of aromatic carboxylic acids is 1. The van der Waals surface area contributed by atoms with Crippen molar-refractivity contribution in [2.75, 3.05) is 34.7 Å². The number of carbonyl (C=O) groups excluding carboxylic acids is 1. The van der Waals surface area contributed by atoms with Crippen molar-refractivity contribution in [2.45, 2.75) is 12.0 Å². The van der Waals surface area contributed by atoms with Crippen LogP contribution in [-0.4, -0.2) is 66.8 Å². The highest BCUT2D eigenvalue weighted by molar-refractivity contribution is 5.85. The molecule has 1 N–H and O–H groups in total. The maximum absolute atomic E-state index is 13.3. The molecule has 1 aromatic heterocycles. The van der Waals surface area contributed by atoms with Crippen LogP contribution in [-0.2, 0) is 9.53 Å². The summed E-state index contributed by atoms with van der Waals surface area (Å²) in [6, 6.07) is 6.62. The zero-order valence-electron chi connectivity index (χ0n) is 20.2. The normalized spacial score (nSPS) is 23.2. The fraction of sp³-hybridized carbons (Fsp3) is 0.360. The first kappa shape index (κ1) is 23.0. The van der Waals surface area contributed by atoms with Gasteiger partial charge in [0, 0.05) is 11.8 Å². The quantitative estimate of drug-likeness (QED) is 0.489. The Morgan fingerprint density at radius 1 is 1.00 bits per heavy atom. The lowest BCUT2D eigenvalue weighted by Gasteiger charge is -2.39. The van der Waals surface area contributed by atoms with E-state index in [1.807, 2.05) is 24.3 Å². The summed E-state index contributed by atoms with van der Waals surface area (Å²) in [6.45, 7) is 0.137. The zero-order valence-corrected chi connectivity index (χ0v) is 20.2. The summed E-state index contributed by atoms with van der Waals surface area (Å²) in [5.74, 6) is -0.823. The molecule has 1 aliphatic carbocycles. The van der Waals surface area contributed by atoms with Crippen molar-refractivity contribution in [1.29, 1.82) is 0 Å². The molecule has 0 spiro atoms. The van der Waals surface area contributed by atoms with Crippen LogP contribution in [0.1, 0.15) is 39.1 Å². The number of carboxylic acids is 1. The van der Waals surface area contributed by atoms with Crippen molar-refractivity contribution in [2.24, 2.45) is 11.8 Å². The number of esters is 1. The van der Waals surface area contributed by atoms with Crippen molar-refractivity contribution < 1.29 is 43.1 Å². The van der Waals surface area contributed by atoms with E-state index in [0.29, 0.717) is 28.7 Å². The summed E-state index contributed by atoms with van der Waals surface area (Å²) < 4.78 is 34.9. The third-order valence-electron chi connectivity index (χ3n) is 7.25. The van der Waals surface area contributed by atoms with Crippen LogP contribution in [0.4, 0.5) is 0 Å². The summed E-state index contributed by atoms with van der Waals surface area (Å²) in [6.07, 6.45) is 1.19. The molecule has 3 aliphatic rings. The van der Waals surface area contributed by atoms with Crippen LogP contribution < -0.4 is 23.7 Å². The zero-order chi connectivity index (χ0) is 25.8. The molecule has 1 fully saturated rings. The Balaban J connectivity index is 1.62. The van der Waals surface area contributed by atoms with Crippen molar-refractivity contribution >= 4 is 11.9 Å². The molecule has 3 heterocycles. The molecular formula is C25H23N3O9. The highest BCUT2D eigenvalue weighted by Gasteiger charge is 2.54. The van der Waals surface area contributed by atoms with Gasteiger partial charge in [0.25, 0.3) is 0 Å². The van der Waals surface area contributed by atoms with E-state index < -0.39 is 35.7 Å².